The molecule has 0 saturated carbocycles. The van der Waals surface area contributed by atoms with E-state index in [2.05, 4.69) is 4.72 Å². The van der Waals surface area contributed by atoms with E-state index in [1.165, 1.54) is 12.3 Å². The Morgan fingerprint density at radius 3 is 2.70 bits per heavy atom. The highest BCUT2D eigenvalue weighted by Crippen LogP contribution is 2.16. The normalized spacial score (nSPS) is 11.7. The fraction of sp³-hybridized carbons (Fsp3) is 0.231. The van der Waals surface area contributed by atoms with Gasteiger partial charge in [0.25, 0.3) is 0 Å². The van der Waals surface area contributed by atoms with E-state index >= 15 is 0 Å². The van der Waals surface area contributed by atoms with Gasteiger partial charge < -0.3 is 9.52 Å². The van der Waals surface area contributed by atoms with Crippen molar-refractivity contribution in [3.8, 4) is 0 Å². The highest BCUT2D eigenvalue weighted by molar-refractivity contribution is 7.89. The Hall–Kier alpha value is -1.70. The molecule has 20 heavy (non-hydrogen) atoms. The van der Waals surface area contributed by atoms with E-state index < -0.39 is 20.7 Å². The number of rotatable bonds is 6. The molecule has 0 unspecified atom stereocenters. The van der Waals surface area contributed by atoms with Gasteiger partial charge in [0, 0.05) is 13.0 Å². The van der Waals surface area contributed by atoms with Gasteiger partial charge in [0.05, 0.1) is 12.9 Å². The van der Waals surface area contributed by atoms with Crippen LogP contribution in [0, 0.1) is 5.82 Å². The predicted octanol–water partition coefficient (Wildman–Crippen LogP) is 1.43. The molecule has 0 amide bonds. The van der Waals surface area contributed by atoms with Crippen molar-refractivity contribution in [2.75, 3.05) is 6.54 Å². The average molecular weight is 299 g/mol. The molecule has 0 spiro atoms. The Morgan fingerprint density at radius 1 is 1.30 bits per heavy atom. The molecule has 7 heteroatoms. The van der Waals surface area contributed by atoms with Crippen LogP contribution in [-0.4, -0.2) is 20.1 Å². The van der Waals surface area contributed by atoms with Crippen molar-refractivity contribution in [3.05, 3.63) is 53.7 Å². The Balaban J connectivity index is 2.06. The quantitative estimate of drug-likeness (QED) is 0.845. The van der Waals surface area contributed by atoms with Crippen LogP contribution in [0.15, 0.2) is 45.9 Å². The summed E-state index contributed by atoms with van der Waals surface area (Å²) in [5, 5.41) is 8.86. The summed E-state index contributed by atoms with van der Waals surface area (Å²) in [6, 6.07) is 6.93. The van der Waals surface area contributed by atoms with Gasteiger partial charge in [-0.15, -0.1) is 0 Å². The lowest BCUT2D eigenvalue weighted by atomic mass is 10.2. The van der Waals surface area contributed by atoms with Gasteiger partial charge in [-0.05, 0) is 29.8 Å². The van der Waals surface area contributed by atoms with Crippen LogP contribution >= 0.6 is 0 Å². The maximum absolute atomic E-state index is 13.7. The summed E-state index contributed by atoms with van der Waals surface area (Å²) in [7, 11) is -3.92. The summed E-state index contributed by atoms with van der Waals surface area (Å²) in [5.41, 5.74) is 0.317. The molecule has 0 bridgehead atoms. The third-order valence-corrected chi connectivity index (χ3v) is 4.21. The molecule has 1 aromatic heterocycles. The van der Waals surface area contributed by atoms with Gasteiger partial charge >= 0.3 is 0 Å². The average Bonchev–Trinajstić information content (AvgIpc) is 2.91. The van der Waals surface area contributed by atoms with Gasteiger partial charge in [0.15, 0.2) is 0 Å². The highest BCUT2D eigenvalue weighted by atomic mass is 32.2. The number of aliphatic hydroxyl groups excluding tert-OH is 1. The first-order valence-electron chi connectivity index (χ1n) is 5.94. The van der Waals surface area contributed by atoms with Crippen LogP contribution in [0.4, 0.5) is 4.39 Å². The van der Waals surface area contributed by atoms with E-state index in [0.29, 0.717) is 17.7 Å². The van der Waals surface area contributed by atoms with Crippen molar-refractivity contribution < 1.29 is 22.3 Å². The summed E-state index contributed by atoms with van der Waals surface area (Å²) >= 11 is 0. The molecule has 0 atom stereocenters. The third kappa shape index (κ3) is 3.44. The monoisotopic (exact) mass is 299 g/mol. The molecule has 108 valence electrons. The first-order valence-corrected chi connectivity index (χ1v) is 7.42. The zero-order valence-electron chi connectivity index (χ0n) is 10.5. The molecule has 0 aliphatic heterocycles. The van der Waals surface area contributed by atoms with Gasteiger partial charge in [0.1, 0.15) is 16.5 Å². The number of hydrogen-bond acceptors (Lipinski definition) is 4. The number of benzene rings is 1. The second-order valence-electron chi connectivity index (χ2n) is 4.15. The Morgan fingerprint density at radius 2 is 2.10 bits per heavy atom. The number of nitrogens with one attached hydrogen (secondary N) is 1. The minimum absolute atomic E-state index is 0.108. The van der Waals surface area contributed by atoms with Crippen LogP contribution in [0.25, 0.3) is 0 Å². The minimum Gasteiger partial charge on any atom is -0.469 e. The van der Waals surface area contributed by atoms with Gasteiger partial charge in [-0.3, -0.25) is 0 Å². The van der Waals surface area contributed by atoms with E-state index in [1.807, 2.05) is 0 Å². The molecule has 2 aromatic rings. The van der Waals surface area contributed by atoms with E-state index in [-0.39, 0.29) is 13.2 Å². The topological polar surface area (TPSA) is 79.5 Å². The smallest absolute Gasteiger partial charge is 0.243 e. The lowest BCUT2D eigenvalue weighted by molar-refractivity contribution is 0.281. The number of furan rings is 1. The van der Waals surface area contributed by atoms with Crippen LogP contribution in [0.2, 0.25) is 0 Å². The third-order valence-electron chi connectivity index (χ3n) is 2.71. The zero-order valence-corrected chi connectivity index (χ0v) is 11.4. The maximum atomic E-state index is 13.7. The summed E-state index contributed by atoms with van der Waals surface area (Å²) in [4.78, 5) is -0.436. The first-order chi connectivity index (χ1) is 9.53. The molecule has 0 aliphatic carbocycles. The largest absolute Gasteiger partial charge is 0.469 e. The van der Waals surface area contributed by atoms with E-state index in [4.69, 9.17) is 9.52 Å². The van der Waals surface area contributed by atoms with Crippen molar-refractivity contribution >= 4 is 10.0 Å². The molecule has 5 nitrogen and oxygen atoms in total. The summed E-state index contributed by atoms with van der Waals surface area (Å²) < 4.78 is 44.9. The molecule has 2 rings (SSSR count). The summed E-state index contributed by atoms with van der Waals surface area (Å²) in [6.07, 6.45) is 1.87. The van der Waals surface area contributed by atoms with Crippen molar-refractivity contribution in [2.45, 2.75) is 17.9 Å². The second kappa shape index (κ2) is 6.17. The van der Waals surface area contributed by atoms with Crippen LogP contribution in [-0.2, 0) is 23.1 Å². The van der Waals surface area contributed by atoms with Crippen LogP contribution in [0.5, 0.6) is 0 Å². The summed E-state index contributed by atoms with van der Waals surface area (Å²) in [6.45, 7) is -0.236. The van der Waals surface area contributed by atoms with Crippen LogP contribution in [0.3, 0.4) is 0 Å². The van der Waals surface area contributed by atoms with Gasteiger partial charge in [0.2, 0.25) is 10.0 Å². The molecule has 1 heterocycles. The molecule has 0 aliphatic rings. The summed E-state index contributed by atoms with van der Waals surface area (Å²) in [5.74, 6) is -0.245. The zero-order chi connectivity index (χ0) is 14.6. The van der Waals surface area contributed by atoms with E-state index in [1.54, 1.807) is 12.1 Å². The van der Waals surface area contributed by atoms with Crippen LogP contribution < -0.4 is 4.72 Å². The number of sulfonamides is 1. The van der Waals surface area contributed by atoms with E-state index in [0.717, 1.165) is 12.1 Å². The fourth-order valence-corrected chi connectivity index (χ4v) is 2.79. The minimum atomic E-state index is -3.92. The highest BCUT2D eigenvalue weighted by Gasteiger charge is 2.18. The SMILES string of the molecule is O=S(=O)(NCCc1ccco1)c1ccc(CO)cc1F. The Bertz CT molecular complexity index is 668. The Labute approximate surface area is 116 Å². The number of halogens is 1. The Kier molecular flexibility index (Phi) is 4.53. The molecular formula is C13H14FNO4S. The lowest BCUT2D eigenvalue weighted by Gasteiger charge is -2.08. The van der Waals surface area contributed by atoms with Gasteiger partial charge in [-0.25, -0.2) is 17.5 Å². The van der Waals surface area contributed by atoms with E-state index in [9.17, 15) is 12.8 Å². The molecule has 0 fully saturated rings. The lowest BCUT2D eigenvalue weighted by Crippen LogP contribution is -2.26. The van der Waals surface area contributed by atoms with Crippen molar-refractivity contribution in [1.29, 1.82) is 0 Å². The standard InChI is InChI=1S/C13H14FNO4S/c14-12-8-10(9-16)3-4-13(12)20(17,18)15-6-5-11-2-1-7-19-11/h1-4,7-8,15-16H,5-6,9H2. The molecule has 0 saturated heterocycles. The first kappa shape index (κ1) is 14.7. The molecule has 0 radical (unpaired) electrons. The number of aliphatic hydroxyl groups is 1. The molecular weight excluding hydrogens is 285 g/mol. The number of hydrogen-bond donors (Lipinski definition) is 2. The van der Waals surface area contributed by atoms with Gasteiger partial charge in [-0.2, -0.15) is 0 Å². The molecule has 1 aromatic carbocycles. The second-order valence-corrected chi connectivity index (χ2v) is 5.89. The van der Waals surface area contributed by atoms with Crippen LogP contribution in [0.1, 0.15) is 11.3 Å². The maximum Gasteiger partial charge on any atom is 0.243 e. The fourth-order valence-electron chi connectivity index (χ4n) is 1.70. The van der Waals surface area contributed by atoms with Gasteiger partial charge in [-0.1, -0.05) is 6.07 Å². The van der Waals surface area contributed by atoms with Crippen molar-refractivity contribution in [3.63, 3.8) is 0 Å². The predicted molar refractivity (Wildman–Crippen MR) is 69.9 cm³/mol. The van der Waals surface area contributed by atoms with Crippen molar-refractivity contribution in [2.24, 2.45) is 0 Å². The molecule has 2 N–H and O–H groups in total. The van der Waals surface area contributed by atoms with Crippen molar-refractivity contribution in [1.82, 2.24) is 4.72 Å².